The topological polar surface area (TPSA) is 70.1 Å². The summed E-state index contributed by atoms with van der Waals surface area (Å²) in [5.74, 6) is -0.00895. The molecule has 0 atom stereocenters. The number of nitrogens with two attached hydrogens (primary N) is 1. The minimum atomic E-state index is -0.461. The molecule has 0 bridgehead atoms. The van der Waals surface area contributed by atoms with Gasteiger partial charge in [-0.3, -0.25) is 9.48 Å². The quantitative estimate of drug-likeness (QED) is 0.680. The van der Waals surface area contributed by atoms with Crippen molar-refractivity contribution in [3.63, 3.8) is 0 Å². The van der Waals surface area contributed by atoms with Crippen LogP contribution in [0.15, 0.2) is 5.03 Å². The fraction of sp³-hybridized carbons (Fsp3) is 0.692. The van der Waals surface area contributed by atoms with Crippen molar-refractivity contribution >= 4 is 23.4 Å². The summed E-state index contributed by atoms with van der Waals surface area (Å²) in [6.45, 7) is 11.5. The molecule has 0 fully saturated rings. The molecule has 0 aromatic carbocycles. The number of rotatable bonds is 4. The second-order valence-electron chi connectivity index (χ2n) is 5.72. The number of aryl methyl sites for hydroxylation is 1. The third-order valence-electron chi connectivity index (χ3n) is 2.32. The Balaban J connectivity index is 2.75. The van der Waals surface area contributed by atoms with E-state index in [-0.39, 0.29) is 17.8 Å². The first kappa shape index (κ1) is 15.9. The lowest BCUT2D eigenvalue weighted by Crippen LogP contribution is -2.25. The Hall–Kier alpha value is -1.17. The van der Waals surface area contributed by atoms with Crippen LogP contribution >= 0.6 is 11.8 Å². The Morgan fingerprint density at radius 2 is 2.05 bits per heavy atom. The van der Waals surface area contributed by atoms with Crippen LogP contribution in [-0.4, -0.2) is 27.1 Å². The smallest absolute Gasteiger partial charge is 0.316 e. The molecule has 6 heteroatoms. The van der Waals surface area contributed by atoms with Crippen molar-refractivity contribution in [2.45, 2.75) is 58.2 Å². The fourth-order valence-electron chi connectivity index (χ4n) is 1.53. The van der Waals surface area contributed by atoms with Gasteiger partial charge in [-0.1, -0.05) is 11.8 Å². The number of anilines is 1. The molecule has 2 N–H and O–H groups in total. The zero-order valence-electron chi connectivity index (χ0n) is 12.5. The van der Waals surface area contributed by atoms with Gasteiger partial charge in [0.15, 0.2) is 0 Å². The number of hydrogen-bond acceptors (Lipinski definition) is 5. The molecule has 0 saturated heterocycles. The molecule has 0 saturated carbocycles. The summed E-state index contributed by atoms with van der Waals surface area (Å²) in [6.07, 6.45) is 0. The predicted octanol–water partition coefficient (Wildman–Crippen LogP) is 2.79. The molecular weight excluding hydrogens is 262 g/mol. The van der Waals surface area contributed by atoms with Crippen LogP contribution in [0.25, 0.3) is 0 Å². The van der Waals surface area contributed by atoms with Gasteiger partial charge in [-0.15, -0.1) is 0 Å². The van der Waals surface area contributed by atoms with E-state index in [9.17, 15) is 4.79 Å². The molecule has 19 heavy (non-hydrogen) atoms. The molecule has 5 nitrogen and oxygen atoms in total. The predicted molar refractivity (Wildman–Crippen MR) is 78.3 cm³/mol. The number of esters is 1. The molecule has 0 aliphatic carbocycles. The number of carbonyl (C=O) groups excluding carboxylic acids is 1. The van der Waals surface area contributed by atoms with Gasteiger partial charge >= 0.3 is 5.97 Å². The van der Waals surface area contributed by atoms with Crippen LogP contribution in [0, 0.1) is 6.92 Å². The molecule has 1 aromatic heterocycles. The summed E-state index contributed by atoms with van der Waals surface area (Å²) in [6, 6.07) is 0.206. The number of nitrogen functional groups attached to an aromatic ring is 1. The Morgan fingerprint density at radius 3 is 2.53 bits per heavy atom. The number of thioether (sulfide) groups is 1. The first-order valence-electron chi connectivity index (χ1n) is 6.31. The normalized spacial score (nSPS) is 11.9. The van der Waals surface area contributed by atoms with E-state index in [1.165, 1.54) is 11.8 Å². The molecule has 1 heterocycles. The Labute approximate surface area is 118 Å². The number of nitrogens with zero attached hydrogens (tertiary/aromatic N) is 2. The summed E-state index contributed by atoms with van der Waals surface area (Å²) in [4.78, 5) is 11.7. The number of carbonyl (C=O) groups is 1. The molecule has 108 valence electrons. The van der Waals surface area contributed by atoms with Gasteiger partial charge in [0, 0.05) is 6.04 Å². The summed E-state index contributed by atoms with van der Waals surface area (Å²) in [5, 5.41) is 5.21. The monoisotopic (exact) mass is 285 g/mol. The van der Waals surface area contributed by atoms with E-state index in [1.54, 1.807) is 0 Å². The summed E-state index contributed by atoms with van der Waals surface area (Å²) in [7, 11) is 0. The summed E-state index contributed by atoms with van der Waals surface area (Å²) >= 11 is 1.37. The van der Waals surface area contributed by atoms with Gasteiger partial charge < -0.3 is 10.5 Å². The third kappa shape index (κ3) is 4.45. The lowest BCUT2D eigenvalue weighted by molar-refractivity contribution is -0.151. The second-order valence-corrected chi connectivity index (χ2v) is 6.68. The second kappa shape index (κ2) is 5.86. The van der Waals surface area contributed by atoms with Crippen LogP contribution in [0.5, 0.6) is 0 Å². The van der Waals surface area contributed by atoms with Crippen molar-refractivity contribution in [2.75, 3.05) is 11.5 Å². The average Bonchev–Trinajstić information content (AvgIpc) is 2.51. The highest BCUT2D eigenvalue weighted by Crippen LogP contribution is 2.30. The van der Waals surface area contributed by atoms with Gasteiger partial charge in [0.1, 0.15) is 10.6 Å². The van der Waals surface area contributed by atoms with Crippen molar-refractivity contribution in [1.82, 2.24) is 9.78 Å². The van der Waals surface area contributed by atoms with Gasteiger partial charge in [0.2, 0.25) is 0 Å². The highest BCUT2D eigenvalue weighted by atomic mass is 32.2. The van der Waals surface area contributed by atoms with E-state index in [0.717, 1.165) is 10.7 Å². The third-order valence-corrected chi connectivity index (χ3v) is 3.38. The van der Waals surface area contributed by atoms with Gasteiger partial charge in [0.25, 0.3) is 0 Å². The number of aromatic nitrogens is 2. The lowest BCUT2D eigenvalue weighted by Gasteiger charge is -2.19. The van der Waals surface area contributed by atoms with E-state index in [1.807, 2.05) is 46.2 Å². The molecule has 0 amide bonds. The van der Waals surface area contributed by atoms with E-state index in [2.05, 4.69) is 5.10 Å². The van der Waals surface area contributed by atoms with E-state index in [0.29, 0.717) is 5.69 Å². The highest BCUT2D eigenvalue weighted by molar-refractivity contribution is 8.00. The summed E-state index contributed by atoms with van der Waals surface area (Å²) in [5.41, 5.74) is 6.97. The number of hydrogen-bond donors (Lipinski definition) is 1. The van der Waals surface area contributed by atoms with E-state index in [4.69, 9.17) is 10.5 Å². The van der Waals surface area contributed by atoms with Crippen LogP contribution in [0.1, 0.15) is 46.4 Å². The first-order valence-corrected chi connectivity index (χ1v) is 7.29. The first-order chi connectivity index (χ1) is 8.61. The molecule has 0 unspecified atom stereocenters. The fourth-order valence-corrected chi connectivity index (χ4v) is 2.53. The maximum atomic E-state index is 11.7. The SMILES string of the molecule is Cc1nn(C(C)C)c(SCC(=O)OC(C)(C)C)c1N. The zero-order chi connectivity index (χ0) is 14.8. The van der Waals surface area contributed by atoms with Crippen molar-refractivity contribution in [3.05, 3.63) is 5.69 Å². The molecule has 0 aliphatic rings. The van der Waals surface area contributed by atoms with Crippen molar-refractivity contribution in [3.8, 4) is 0 Å². The average molecular weight is 285 g/mol. The minimum Gasteiger partial charge on any atom is -0.459 e. The lowest BCUT2D eigenvalue weighted by atomic mass is 10.2. The van der Waals surface area contributed by atoms with Crippen LogP contribution in [0.4, 0.5) is 5.69 Å². The highest BCUT2D eigenvalue weighted by Gasteiger charge is 2.20. The number of ether oxygens (including phenoxy) is 1. The Kier molecular flexibility index (Phi) is 4.90. The Morgan fingerprint density at radius 1 is 1.47 bits per heavy atom. The van der Waals surface area contributed by atoms with Crippen molar-refractivity contribution in [1.29, 1.82) is 0 Å². The van der Waals surface area contributed by atoms with Gasteiger partial charge in [-0.2, -0.15) is 5.10 Å². The molecule has 1 aromatic rings. The largest absolute Gasteiger partial charge is 0.459 e. The van der Waals surface area contributed by atoms with E-state index >= 15 is 0 Å². The minimum absolute atomic E-state index is 0.206. The molecular formula is C13H23N3O2S. The molecule has 0 aliphatic heterocycles. The maximum absolute atomic E-state index is 11.7. The van der Waals surface area contributed by atoms with E-state index < -0.39 is 5.60 Å². The van der Waals surface area contributed by atoms with Gasteiger partial charge in [-0.05, 0) is 41.5 Å². The van der Waals surface area contributed by atoms with Crippen molar-refractivity contribution < 1.29 is 9.53 Å². The molecule has 0 spiro atoms. The van der Waals surface area contributed by atoms with Crippen LogP contribution in [-0.2, 0) is 9.53 Å². The molecule has 0 radical (unpaired) electrons. The summed E-state index contributed by atoms with van der Waals surface area (Å²) < 4.78 is 7.12. The van der Waals surface area contributed by atoms with Crippen LogP contribution < -0.4 is 5.73 Å². The van der Waals surface area contributed by atoms with Gasteiger partial charge in [0.05, 0.1) is 17.1 Å². The standard InChI is InChI=1S/C13H23N3O2S/c1-8(2)16-12(11(14)9(3)15-16)19-7-10(17)18-13(4,5)6/h8H,7,14H2,1-6H3. The van der Waals surface area contributed by atoms with Crippen molar-refractivity contribution in [2.24, 2.45) is 0 Å². The zero-order valence-corrected chi connectivity index (χ0v) is 13.3. The van der Waals surface area contributed by atoms with Gasteiger partial charge in [-0.25, -0.2) is 0 Å². The van der Waals surface area contributed by atoms with Crippen LogP contribution in [0.2, 0.25) is 0 Å². The maximum Gasteiger partial charge on any atom is 0.316 e. The Bertz CT molecular complexity index is 461. The van der Waals surface area contributed by atoms with Crippen LogP contribution in [0.3, 0.4) is 0 Å². The molecule has 1 rings (SSSR count).